The second-order valence-corrected chi connectivity index (χ2v) is 5.33. The van der Waals surface area contributed by atoms with Gasteiger partial charge in [0.15, 0.2) is 0 Å². The van der Waals surface area contributed by atoms with Crippen LogP contribution in [0.25, 0.3) is 0 Å². The molecule has 1 aliphatic carbocycles. The molecule has 1 aliphatic rings. The Kier molecular flexibility index (Phi) is 4.06. The third-order valence-corrected chi connectivity index (χ3v) is 2.20. The van der Waals surface area contributed by atoms with E-state index < -0.39 is 30.2 Å². The molecule has 1 atom stereocenters. The maximum atomic E-state index is 12.6. The highest BCUT2D eigenvalue weighted by Crippen LogP contribution is 2.28. The molecule has 17 heavy (non-hydrogen) atoms. The SMILES string of the molecule is CC(C)(C)OC(=O)CC(NC1CC1)C(F)(F)F. The number of alkyl halides is 3. The molecule has 0 amide bonds. The average molecular weight is 253 g/mol. The van der Waals surface area contributed by atoms with Gasteiger partial charge in [0, 0.05) is 6.04 Å². The van der Waals surface area contributed by atoms with Gasteiger partial charge in [-0.2, -0.15) is 13.2 Å². The lowest BCUT2D eigenvalue weighted by Crippen LogP contribution is -2.45. The molecule has 0 aromatic carbocycles. The van der Waals surface area contributed by atoms with Crippen molar-refractivity contribution < 1.29 is 22.7 Å². The molecular formula is C11H18F3NO2. The van der Waals surface area contributed by atoms with E-state index in [1.54, 1.807) is 20.8 Å². The van der Waals surface area contributed by atoms with Crippen molar-refractivity contribution in [3.63, 3.8) is 0 Å². The van der Waals surface area contributed by atoms with E-state index in [-0.39, 0.29) is 6.04 Å². The maximum Gasteiger partial charge on any atom is 0.404 e. The number of carbonyl (C=O) groups is 1. The number of rotatable bonds is 4. The fourth-order valence-corrected chi connectivity index (χ4v) is 1.35. The fraction of sp³-hybridized carbons (Fsp3) is 0.909. The van der Waals surface area contributed by atoms with E-state index in [0.717, 1.165) is 12.8 Å². The second-order valence-electron chi connectivity index (χ2n) is 5.33. The minimum Gasteiger partial charge on any atom is -0.460 e. The van der Waals surface area contributed by atoms with Gasteiger partial charge in [0.1, 0.15) is 11.6 Å². The number of carbonyl (C=O) groups excluding carboxylic acids is 1. The van der Waals surface area contributed by atoms with E-state index in [1.807, 2.05) is 0 Å². The maximum absolute atomic E-state index is 12.6. The Bertz CT molecular complexity index is 279. The van der Waals surface area contributed by atoms with Crippen molar-refractivity contribution in [2.45, 2.75) is 63.9 Å². The zero-order valence-electron chi connectivity index (χ0n) is 10.2. The summed E-state index contributed by atoms with van der Waals surface area (Å²) >= 11 is 0. The Labute approximate surface area is 98.7 Å². The molecule has 0 spiro atoms. The first-order valence-corrected chi connectivity index (χ1v) is 5.62. The Hall–Kier alpha value is -0.780. The molecule has 1 saturated carbocycles. The van der Waals surface area contributed by atoms with Gasteiger partial charge in [-0.1, -0.05) is 0 Å². The molecule has 3 nitrogen and oxygen atoms in total. The predicted molar refractivity (Wildman–Crippen MR) is 56.5 cm³/mol. The van der Waals surface area contributed by atoms with E-state index in [0.29, 0.717) is 0 Å². The van der Waals surface area contributed by atoms with Gasteiger partial charge in [-0.3, -0.25) is 4.79 Å². The third-order valence-electron chi connectivity index (χ3n) is 2.20. The van der Waals surface area contributed by atoms with Crippen LogP contribution < -0.4 is 5.32 Å². The van der Waals surface area contributed by atoms with Crippen LogP contribution in [-0.2, 0) is 9.53 Å². The molecule has 6 heteroatoms. The van der Waals surface area contributed by atoms with Crippen molar-refractivity contribution in [3.8, 4) is 0 Å². The first-order valence-electron chi connectivity index (χ1n) is 5.62. The smallest absolute Gasteiger partial charge is 0.404 e. The summed E-state index contributed by atoms with van der Waals surface area (Å²) in [5, 5.41) is 2.42. The van der Waals surface area contributed by atoms with Crippen molar-refractivity contribution in [3.05, 3.63) is 0 Å². The summed E-state index contributed by atoms with van der Waals surface area (Å²) in [5.74, 6) is -0.826. The molecule has 0 aliphatic heterocycles. The van der Waals surface area contributed by atoms with Gasteiger partial charge in [0.25, 0.3) is 0 Å². The molecule has 1 rings (SSSR count). The van der Waals surface area contributed by atoms with Crippen molar-refractivity contribution in [2.24, 2.45) is 0 Å². The lowest BCUT2D eigenvalue weighted by molar-refractivity contribution is -0.175. The largest absolute Gasteiger partial charge is 0.460 e. The molecular weight excluding hydrogens is 235 g/mol. The molecule has 0 radical (unpaired) electrons. The average Bonchev–Trinajstić information content (AvgIpc) is 2.81. The van der Waals surface area contributed by atoms with Gasteiger partial charge in [0.2, 0.25) is 0 Å². The van der Waals surface area contributed by atoms with Crippen molar-refractivity contribution in [1.82, 2.24) is 5.32 Å². The van der Waals surface area contributed by atoms with Crippen LogP contribution in [0.15, 0.2) is 0 Å². The van der Waals surface area contributed by atoms with Crippen LogP contribution in [0, 0.1) is 0 Å². The normalized spacial score (nSPS) is 18.9. The molecule has 1 fully saturated rings. The molecule has 0 bridgehead atoms. The molecule has 1 unspecified atom stereocenters. The Morgan fingerprint density at radius 2 is 1.88 bits per heavy atom. The molecule has 0 saturated heterocycles. The predicted octanol–water partition coefficient (Wildman–Crippen LogP) is 2.40. The van der Waals surface area contributed by atoms with Crippen LogP contribution >= 0.6 is 0 Å². The summed E-state index contributed by atoms with van der Waals surface area (Å²) in [6.07, 6.45) is -3.61. The van der Waals surface area contributed by atoms with Crippen molar-refractivity contribution >= 4 is 5.97 Å². The van der Waals surface area contributed by atoms with Crippen LogP contribution in [0.4, 0.5) is 13.2 Å². The zero-order chi connectivity index (χ0) is 13.3. The van der Waals surface area contributed by atoms with Gasteiger partial charge in [-0.05, 0) is 33.6 Å². The lowest BCUT2D eigenvalue weighted by atomic mass is 10.1. The Morgan fingerprint density at radius 3 is 2.24 bits per heavy atom. The summed E-state index contributed by atoms with van der Waals surface area (Å²) in [4.78, 5) is 11.4. The monoisotopic (exact) mass is 253 g/mol. The van der Waals surface area contributed by atoms with Gasteiger partial charge < -0.3 is 10.1 Å². The van der Waals surface area contributed by atoms with E-state index in [9.17, 15) is 18.0 Å². The summed E-state index contributed by atoms with van der Waals surface area (Å²) in [5.41, 5.74) is -0.757. The first kappa shape index (κ1) is 14.3. The molecule has 1 N–H and O–H groups in total. The van der Waals surface area contributed by atoms with Crippen molar-refractivity contribution in [2.75, 3.05) is 0 Å². The van der Waals surface area contributed by atoms with E-state index >= 15 is 0 Å². The zero-order valence-corrected chi connectivity index (χ0v) is 10.2. The van der Waals surface area contributed by atoms with Gasteiger partial charge in [0.05, 0.1) is 6.42 Å². The van der Waals surface area contributed by atoms with Crippen molar-refractivity contribution in [1.29, 1.82) is 0 Å². The highest BCUT2D eigenvalue weighted by molar-refractivity contribution is 5.70. The lowest BCUT2D eigenvalue weighted by Gasteiger charge is -2.24. The topological polar surface area (TPSA) is 38.3 Å². The Balaban J connectivity index is 2.50. The summed E-state index contributed by atoms with van der Waals surface area (Å²) in [6.45, 7) is 4.88. The summed E-state index contributed by atoms with van der Waals surface area (Å²) in [7, 11) is 0. The second kappa shape index (κ2) is 4.84. The van der Waals surface area contributed by atoms with Crippen LogP contribution in [0.2, 0.25) is 0 Å². The number of nitrogens with one attached hydrogen (secondary N) is 1. The van der Waals surface area contributed by atoms with Gasteiger partial charge >= 0.3 is 12.1 Å². The summed E-state index contributed by atoms with van der Waals surface area (Å²) < 4.78 is 42.8. The van der Waals surface area contributed by atoms with Gasteiger partial charge in [-0.15, -0.1) is 0 Å². The minimum absolute atomic E-state index is 0.107. The quantitative estimate of drug-likeness (QED) is 0.782. The minimum atomic E-state index is -4.42. The highest BCUT2D eigenvalue weighted by atomic mass is 19.4. The van der Waals surface area contributed by atoms with Crippen LogP contribution in [0.5, 0.6) is 0 Å². The van der Waals surface area contributed by atoms with E-state index in [1.165, 1.54) is 0 Å². The number of halogens is 3. The summed E-state index contributed by atoms with van der Waals surface area (Å²) in [6, 6.07) is -1.91. The number of ether oxygens (including phenoxy) is 1. The third kappa shape index (κ3) is 5.91. The Morgan fingerprint density at radius 1 is 1.35 bits per heavy atom. The molecule has 0 aromatic heterocycles. The molecule has 0 heterocycles. The highest BCUT2D eigenvalue weighted by Gasteiger charge is 2.44. The number of hydrogen-bond acceptors (Lipinski definition) is 3. The standard InChI is InChI=1S/C11H18F3NO2/c1-10(2,3)17-9(16)6-8(11(12,13)14)15-7-4-5-7/h7-8,15H,4-6H2,1-3H3. The first-order chi connectivity index (χ1) is 7.58. The van der Waals surface area contributed by atoms with Crippen LogP contribution in [0.3, 0.4) is 0 Å². The molecule has 0 aromatic rings. The fourth-order valence-electron chi connectivity index (χ4n) is 1.35. The van der Waals surface area contributed by atoms with E-state index in [2.05, 4.69) is 5.32 Å². The van der Waals surface area contributed by atoms with Gasteiger partial charge in [-0.25, -0.2) is 0 Å². The van der Waals surface area contributed by atoms with E-state index in [4.69, 9.17) is 4.74 Å². The molecule has 100 valence electrons. The number of hydrogen-bond donors (Lipinski definition) is 1. The van der Waals surface area contributed by atoms with Crippen LogP contribution in [-0.4, -0.2) is 29.8 Å². The number of esters is 1. The van der Waals surface area contributed by atoms with Crippen LogP contribution in [0.1, 0.15) is 40.0 Å².